The van der Waals surface area contributed by atoms with Crippen LogP contribution >= 0.6 is 0 Å². The number of aliphatic hydroxyl groups excluding tert-OH is 4. The Kier molecular flexibility index (Phi) is 61.7. The number of carbonyl (C=O) groups is 1. The van der Waals surface area contributed by atoms with Crippen LogP contribution in [0, 0.1) is 0 Å². The number of unbranched alkanes of at least 4 members (excludes halogenated alkanes) is 58. The summed E-state index contributed by atoms with van der Waals surface area (Å²) >= 11 is 0. The van der Waals surface area contributed by atoms with E-state index in [1.54, 1.807) is 0 Å². The summed E-state index contributed by atoms with van der Waals surface area (Å²) in [5, 5.41) is 45.4. The average molecular weight is 1260 g/mol. The van der Waals surface area contributed by atoms with E-state index in [2.05, 4.69) is 23.3 Å². The minimum absolute atomic E-state index is 0.218. The van der Waals surface area contributed by atoms with E-state index in [1.807, 2.05) is 0 Å². The van der Waals surface area contributed by atoms with Crippen molar-refractivity contribution < 1.29 is 51.8 Å². The second kappa shape index (κ2) is 63.8. The van der Waals surface area contributed by atoms with E-state index in [0.29, 0.717) is 12.8 Å². The van der Waals surface area contributed by atoms with Crippen molar-refractivity contribution in [2.24, 2.45) is 0 Å². The molecule has 0 aliphatic carbocycles. The van der Waals surface area contributed by atoms with Gasteiger partial charge in [0.1, 0.15) is 24.4 Å². The molecule has 0 aromatic heterocycles. The molecule has 6 N–H and O–H groups in total. The zero-order valence-electron chi connectivity index (χ0n) is 57.4. The van der Waals surface area contributed by atoms with E-state index in [-0.39, 0.29) is 12.5 Å². The molecule has 13 heteroatoms. The van der Waals surface area contributed by atoms with Crippen LogP contribution in [0.4, 0.5) is 0 Å². The summed E-state index contributed by atoms with van der Waals surface area (Å²) in [7, 11) is -5.08. The Labute approximate surface area is 538 Å². The SMILES string of the molecule is CCCCCCCCCCCCCCCCCCCCCCCCCCCCCCCCCCCCCCCC(=O)NC(COC1OC(CO)C(O)C(OS(=O)(=O)O)C1O)C(O)CCCCCCCCCCCCCCCCCCCCCCCCC. The standard InChI is InChI=1S/C74H147NO11S/c1-3-5-7-9-11-13-15-17-19-21-23-25-27-28-29-30-31-32-33-34-35-36-37-38-39-40-42-44-46-48-50-52-54-56-58-60-62-64-70(78)75-67(66-84-74-72(80)73(86-87(81,82)83)71(79)69(65-76)85-74)68(77)63-61-59-57-55-53-51-49-47-45-43-41-26-24-22-20-18-16-14-12-10-8-6-4-2/h67-69,71-74,76-77,79-80H,3-66H2,1-2H3,(H,75,78)(H,81,82,83). The predicted molar refractivity (Wildman–Crippen MR) is 366 cm³/mol. The minimum Gasteiger partial charge on any atom is -0.394 e. The van der Waals surface area contributed by atoms with Crippen LogP contribution in [0.5, 0.6) is 0 Å². The van der Waals surface area contributed by atoms with Crippen LogP contribution in [0.25, 0.3) is 0 Å². The monoisotopic (exact) mass is 1260 g/mol. The van der Waals surface area contributed by atoms with Crippen molar-refractivity contribution in [3.63, 3.8) is 0 Å². The summed E-state index contributed by atoms with van der Waals surface area (Å²) in [6.07, 6.45) is 71.7. The van der Waals surface area contributed by atoms with Crippen LogP contribution in [0.1, 0.15) is 412 Å². The van der Waals surface area contributed by atoms with E-state index >= 15 is 0 Å². The molecule has 0 saturated carbocycles. The molecule has 7 unspecified atom stereocenters. The lowest BCUT2D eigenvalue weighted by Crippen LogP contribution is -2.61. The van der Waals surface area contributed by atoms with Crippen molar-refractivity contribution in [2.75, 3.05) is 13.2 Å². The lowest BCUT2D eigenvalue weighted by molar-refractivity contribution is -0.298. The van der Waals surface area contributed by atoms with Gasteiger partial charge in [0.05, 0.1) is 25.4 Å². The van der Waals surface area contributed by atoms with Gasteiger partial charge >= 0.3 is 10.4 Å². The van der Waals surface area contributed by atoms with Crippen LogP contribution in [0.3, 0.4) is 0 Å². The molecule has 1 amide bonds. The molecule has 0 spiro atoms. The van der Waals surface area contributed by atoms with Crippen LogP contribution in [0.15, 0.2) is 0 Å². The first-order chi connectivity index (χ1) is 42.5. The van der Waals surface area contributed by atoms with Gasteiger partial charge in [0, 0.05) is 6.42 Å². The highest BCUT2D eigenvalue weighted by Crippen LogP contribution is 2.27. The van der Waals surface area contributed by atoms with Crippen molar-refractivity contribution in [1.82, 2.24) is 5.32 Å². The second-order valence-corrected chi connectivity index (χ2v) is 28.4. The summed E-state index contributed by atoms with van der Waals surface area (Å²) in [4.78, 5) is 13.2. The number of hydrogen-bond donors (Lipinski definition) is 6. The molecule has 0 aromatic rings. The molecule has 1 rings (SSSR count). The molecular formula is C74H147NO11S. The van der Waals surface area contributed by atoms with E-state index in [9.17, 15) is 38.2 Å². The predicted octanol–water partition coefficient (Wildman–Crippen LogP) is 20.7. The Bertz CT molecular complexity index is 1520. The summed E-state index contributed by atoms with van der Waals surface area (Å²) in [6, 6.07) is -0.855. The molecule has 0 radical (unpaired) electrons. The quantitative estimate of drug-likeness (QED) is 0.0251. The molecule has 7 atom stereocenters. The Balaban J connectivity index is 2.14. The number of nitrogens with one attached hydrogen (secondary N) is 1. The first kappa shape index (κ1) is 84.1. The maximum absolute atomic E-state index is 13.2. The first-order valence-electron chi connectivity index (χ1n) is 38.4. The van der Waals surface area contributed by atoms with E-state index in [0.717, 1.165) is 51.4 Å². The molecule has 520 valence electrons. The number of rotatable bonds is 70. The highest BCUT2D eigenvalue weighted by molar-refractivity contribution is 7.80. The van der Waals surface area contributed by atoms with Gasteiger partial charge in [0.25, 0.3) is 0 Å². The number of ether oxygens (including phenoxy) is 2. The van der Waals surface area contributed by atoms with E-state index < -0.39 is 59.9 Å². The fraction of sp³-hybridized carbons (Fsp3) is 0.986. The Morgan fingerprint density at radius 2 is 0.667 bits per heavy atom. The van der Waals surface area contributed by atoms with E-state index in [4.69, 9.17) is 9.47 Å². The maximum atomic E-state index is 13.2. The summed E-state index contributed by atoms with van der Waals surface area (Å²) < 4.78 is 48.2. The third kappa shape index (κ3) is 55.3. The van der Waals surface area contributed by atoms with Gasteiger partial charge in [0.15, 0.2) is 6.29 Å². The number of carbonyl (C=O) groups excluding carboxylic acids is 1. The van der Waals surface area contributed by atoms with Gasteiger partial charge in [-0.05, 0) is 12.8 Å². The Hall–Kier alpha value is -0.900. The van der Waals surface area contributed by atoms with Crippen molar-refractivity contribution in [3.05, 3.63) is 0 Å². The normalized spacial score (nSPS) is 18.0. The molecule has 87 heavy (non-hydrogen) atoms. The van der Waals surface area contributed by atoms with Gasteiger partial charge in [-0.3, -0.25) is 9.35 Å². The van der Waals surface area contributed by atoms with Crippen molar-refractivity contribution in [3.8, 4) is 0 Å². The fourth-order valence-electron chi connectivity index (χ4n) is 13.1. The third-order valence-electron chi connectivity index (χ3n) is 18.9. The largest absolute Gasteiger partial charge is 0.397 e. The second-order valence-electron chi connectivity index (χ2n) is 27.3. The van der Waals surface area contributed by atoms with E-state index in [1.165, 1.54) is 334 Å². The van der Waals surface area contributed by atoms with Crippen LogP contribution in [0.2, 0.25) is 0 Å². The zero-order valence-corrected chi connectivity index (χ0v) is 58.2. The van der Waals surface area contributed by atoms with Crippen LogP contribution < -0.4 is 5.32 Å². The highest BCUT2D eigenvalue weighted by Gasteiger charge is 2.48. The Morgan fingerprint density at radius 3 is 0.920 bits per heavy atom. The number of hydrogen-bond acceptors (Lipinski definition) is 10. The molecule has 1 saturated heterocycles. The van der Waals surface area contributed by atoms with Gasteiger partial charge < -0.3 is 35.2 Å². The fourth-order valence-corrected chi connectivity index (χ4v) is 13.6. The third-order valence-corrected chi connectivity index (χ3v) is 19.4. The lowest BCUT2D eigenvalue weighted by Gasteiger charge is -2.41. The van der Waals surface area contributed by atoms with Gasteiger partial charge in [-0.2, -0.15) is 8.42 Å². The molecule has 1 aliphatic heterocycles. The summed E-state index contributed by atoms with van der Waals surface area (Å²) in [6.45, 7) is 3.54. The van der Waals surface area contributed by atoms with Crippen LogP contribution in [-0.4, -0.2) is 95.4 Å². The van der Waals surface area contributed by atoms with Crippen LogP contribution in [-0.2, 0) is 28.9 Å². The molecule has 12 nitrogen and oxygen atoms in total. The number of amides is 1. The molecule has 1 heterocycles. The van der Waals surface area contributed by atoms with Gasteiger partial charge in [-0.1, -0.05) is 393 Å². The molecular weight excluding hydrogens is 1110 g/mol. The average Bonchev–Trinajstić information content (AvgIpc) is 2.70. The van der Waals surface area contributed by atoms with Gasteiger partial charge in [-0.15, -0.1) is 0 Å². The minimum atomic E-state index is -5.08. The topological polar surface area (TPSA) is 192 Å². The number of aliphatic hydroxyl groups is 4. The summed E-state index contributed by atoms with van der Waals surface area (Å²) in [5.41, 5.74) is 0. The maximum Gasteiger partial charge on any atom is 0.397 e. The van der Waals surface area contributed by atoms with Gasteiger partial charge in [-0.25, -0.2) is 4.18 Å². The lowest BCUT2D eigenvalue weighted by atomic mass is 9.99. The highest BCUT2D eigenvalue weighted by atomic mass is 32.3. The zero-order chi connectivity index (χ0) is 63.2. The van der Waals surface area contributed by atoms with Crippen molar-refractivity contribution in [2.45, 2.75) is 455 Å². The smallest absolute Gasteiger partial charge is 0.394 e. The van der Waals surface area contributed by atoms with Crippen molar-refractivity contribution in [1.29, 1.82) is 0 Å². The molecule has 1 aliphatic rings. The van der Waals surface area contributed by atoms with Crippen molar-refractivity contribution >= 4 is 16.3 Å². The first-order valence-corrected chi connectivity index (χ1v) is 39.8. The van der Waals surface area contributed by atoms with Gasteiger partial charge in [0.2, 0.25) is 5.91 Å². The molecule has 0 aromatic carbocycles. The molecule has 1 fully saturated rings. The molecule has 0 bridgehead atoms. The summed E-state index contributed by atoms with van der Waals surface area (Å²) in [5.74, 6) is -0.218. The Morgan fingerprint density at radius 1 is 0.414 bits per heavy atom.